The van der Waals surface area contributed by atoms with Gasteiger partial charge in [-0.15, -0.1) is 23.1 Å². The molecule has 1 saturated heterocycles. The molecule has 1 saturated carbocycles. The predicted molar refractivity (Wildman–Crippen MR) is 106 cm³/mol. The average Bonchev–Trinajstić information content (AvgIpc) is 3.09. The van der Waals surface area contributed by atoms with Gasteiger partial charge in [-0.05, 0) is 12.8 Å². The number of aromatic nitrogens is 2. The predicted octanol–water partition coefficient (Wildman–Crippen LogP) is 1.46. The number of piperazine rings is 1. The largest absolute Gasteiger partial charge is 0.339 e. The first-order chi connectivity index (χ1) is 13.1. The molecular formula is C18H22N4O3S2. The number of rotatable bonds is 5. The zero-order chi connectivity index (χ0) is 18.8. The molecule has 144 valence electrons. The van der Waals surface area contributed by atoms with Gasteiger partial charge in [-0.3, -0.25) is 18.8 Å². The zero-order valence-corrected chi connectivity index (χ0v) is 16.6. The fraction of sp³-hybridized carbons (Fsp3) is 0.556. The van der Waals surface area contributed by atoms with Crippen molar-refractivity contribution >= 4 is 39.9 Å². The Balaban J connectivity index is 1.23. The molecule has 0 aromatic carbocycles. The fourth-order valence-electron chi connectivity index (χ4n) is 3.39. The molecule has 0 radical (unpaired) electrons. The lowest BCUT2D eigenvalue weighted by molar-refractivity contribution is -0.143. The molecule has 0 atom stereocenters. The Labute approximate surface area is 165 Å². The van der Waals surface area contributed by atoms with Gasteiger partial charge < -0.3 is 9.80 Å². The Morgan fingerprint density at radius 2 is 1.93 bits per heavy atom. The summed E-state index contributed by atoms with van der Waals surface area (Å²) in [7, 11) is 0. The van der Waals surface area contributed by atoms with E-state index >= 15 is 0 Å². The lowest BCUT2D eigenvalue weighted by Gasteiger charge is -2.38. The van der Waals surface area contributed by atoms with E-state index in [9.17, 15) is 14.4 Å². The highest BCUT2D eigenvalue weighted by molar-refractivity contribution is 7.99. The Morgan fingerprint density at radius 3 is 2.63 bits per heavy atom. The van der Waals surface area contributed by atoms with Crippen LogP contribution in [0.2, 0.25) is 0 Å². The molecule has 3 heterocycles. The minimum absolute atomic E-state index is 0.0876. The number of hydrogen-bond acceptors (Lipinski definition) is 6. The van der Waals surface area contributed by atoms with Gasteiger partial charge in [0.05, 0.1) is 11.4 Å². The molecule has 27 heavy (non-hydrogen) atoms. The van der Waals surface area contributed by atoms with Gasteiger partial charge >= 0.3 is 0 Å². The minimum atomic E-state index is -0.0876. The third-order valence-electron chi connectivity index (χ3n) is 5.23. The van der Waals surface area contributed by atoms with Crippen LogP contribution >= 0.6 is 23.1 Å². The SMILES string of the molecule is O=C(CSCc1cc(=O)n2ccsc2n1)N1CCN(C(=O)C2CCC2)CC1. The summed E-state index contributed by atoms with van der Waals surface area (Å²) in [5.41, 5.74) is 0.617. The number of carbonyl (C=O) groups excluding carboxylic acids is 2. The molecule has 2 aliphatic rings. The van der Waals surface area contributed by atoms with Crippen molar-refractivity contribution < 1.29 is 9.59 Å². The van der Waals surface area contributed by atoms with Crippen LogP contribution in [-0.2, 0) is 15.3 Å². The van der Waals surface area contributed by atoms with E-state index < -0.39 is 0 Å². The standard InChI is InChI=1S/C18H22N4O3S2/c23-15-10-14(19-18-22(15)8-9-27-18)11-26-12-16(24)20-4-6-21(7-5-20)17(25)13-2-1-3-13/h8-10,13H,1-7,11-12H2. The Hall–Kier alpha value is -1.87. The van der Waals surface area contributed by atoms with Crippen molar-refractivity contribution in [2.75, 3.05) is 31.9 Å². The molecule has 0 bridgehead atoms. The molecule has 7 nitrogen and oxygen atoms in total. The number of nitrogens with zero attached hydrogens (tertiary/aromatic N) is 4. The number of carbonyl (C=O) groups is 2. The highest BCUT2D eigenvalue weighted by Crippen LogP contribution is 2.28. The van der Waals surface area contributed by atoms with E-state index in [0.717, 1.165) is 19.3 Å². The van der Waals surface area contributed by atoms with Crippen LogP contribution in [0.25, 0.3) is 4.96 Å². The molecule has 2 amide bonds. The van der Waals surface area contributed by atoms with Gasteiger partial charge in [0.25, 0.3) is 5.56 Å². The second kappa shape index (κ2) is 8.02. The topological polar surface area (TPSA) is 75.0 Å². The van der Waals surface area contributed by atoms with Gasteiger partial charge in [0.15, 0.2) is 4.96 Å². The monoisotopic (exact) mass is 406 g/mol. The maximum Gasteiger partial charge on any atom is 0.258 e. The van der Waals surface area contributed by atoms with Gasteiger partial charge in [0.1, 0.15) is 0 Å². The molecule has 0 spiro atoms. The van der Waals surface area contributed by atoms with Crippen LogP contribution in [0, 0.1) is 5.92 Å². The van der Waals surface area contributed by atoms with Crippen LogP contribution in [0.3, 0.4) is 0 Å². The van der Waals surface area contributed by atoms with Gasteiger partial charge in [0, 0.05) is 55.5 Å². The summed E-state index contributed by atoms with van der Waals surface area (Å²) in [6.07, 6.45) is 4.91. The van der Waals surface area contributed by atoms with Crippen molar-refractivity contribution in [2.24, 2.45) is 5.92 Å². The van der Waals surface area contributed by atoms with Crippen LogP contribution in [0.1, 0.15) is 25.0 Å². The number of fused-ring (bicyclic) bond motifs is 1. The van der Waals surface area contributed by atoms with Crippen molar-refractivity contribution in [3.05, 3.63) is 33.7 Å². The van der Waals surface area contributed by atoms with Crippen molar-refractivity contribution in [1.82, 2.24) is 19.2 Å². The van der Waals surface area contributed by atoms with E-state index in [1.54, 1.807) is 6.20 Å². The van der Waals surface area contributed by atoms with E-state index in [1.165, 1.54) is 33.6 Å². The third kappa shape index (κ3) is 4.03. The first-order valence-corrected chi connectivity index (χ1v) is 11.3. The van der Waals surface area contributed by atoms with E-state index in [2.05, 4.69) is 4.98 Å². The molecule has 0 N–H and O–H groups in total. The van der Waals surface area contributed by atoms with Gasteiger partial charge in [-0.1, -0.05) is 6.42 Å². The first kappa shape index (κ1) is 18.5. The molecule has 0 unspecified atom stereocenters. The summed E-state index contributed by atoms with van der Waals surface area (Å²) in [5.74, 6) is 1.48. The zero-order valence-electron chi connectivity index (χ0n) is 15.0. The molecule has 2 aromatic rings. The molecule has 2 aromatic heterocycles. The smallest absolute Gasteiger partial charge is 0.258 e. The maximum atomic E-state index is 12.4. The lowest BCUT2D eigenvalue weighted by atomic mass is 9.84. The number of thiazole rings is 1. The minimum Gasteiger partial charge on any atom is -0.339 e. The van der Waals surface area contributed by atoms with Crippen LogP contribution in [0.4, 0.5) is 0 Å². The summed E-state index contributed by atoms with van der Waals surface area (Å²) >= 11 is 2.90. The average molecular weight is 407 g/mol. The van der Waals surface area contributed by atoms with Crippen molar-refractivity contribution in [3.8, 4) is 0 Å². The first-order valence-electron chi connectivity index (χ1n) is 9.22. The third-order valence-corrected chi connectivity index (χ3v) is 6.94. The van der Waals surface area contributed by atoms with E-state index in [0.29, 0.717) is 48.3 Å². The summed E-state index contributed by atoms with van der Waals surface area (Å²) in [6.45, 7) is 2.50. The van der Waals surface area contributed by atoms with Crippen LogP contribution in [0.5, 0.6) is 0 Å². The molecule has 1 aliphatic heterocycles. The van der Waals surface area contributed by atoms with Crippen molar-refractivity contribution in [2.45, 2.75) is 25.0 Å². The highest BCUT2D eigenvalue weighted by Gasteiger charge is 2.31. The Kier molecular flexibility index (Phi) is 5.49. The Morgan fingerprint density at radius 1 is 1.19 bits per heavy atom. The van der Waals surface area contributed by atoms with E-state index in [4.69, 9.17) is 0 Å². The van der Waals surface area contributed by atoms with Crippen LogP contribution in [0.15, 0.2) is 22.4 Å². The maximum absolute atomic E-state index is 12.4. The van der Waals surface area contributed by atoms with Crippen LogP contribution < -0.4 is 5.56 Å². The number of thioether (sulfide) groups is 1. The molecule has 2 fully saturated rings. The molecule has 4 rings (SSSR count). The van der Waals surface area contributed by atoms with Gasteiger partial charge in [-0.2, -0.15) is 0 Å². The molecule has 9 heteroatoms. The second-order valence-electron chi connectivity index (χ2n) is 6.97. The molecular weight excluding hydrogens is 384 g/mol. The number of hydrogen-bond donors (Lipinski definition) is 0. The normalized spacial score (nSPS) is 17.9. The van der Waals surface area contributed by atoms with Crippen LogP contribution in [-0.4, -0.2) is 62.9 Å². The summed E-state index contributed by atoms with van der Waals surface area (Å²) in [6, 6.07) is 1.53. The molecule has 1 aliphatic carbocycles. The van der Waals surface area contributed by atoms with Gasteiger partial charge in [-0.25, -0.2) is 4.98 Å². The Bertz CT molecular complexity index is 897. The number of amides is 2. The summed E-state index contributed by atoms with van der Waals surface area (Å²) in [4.78, 5) is 45.6. The summed E-state index contributed by atoms with van der Waals surface area (Å²) < 4.78 is 1.52. The lowest BCUT2D eigenvalue weighted by Crippen LogP contribution is -2.53. The fourth-order valence-corrected chi connectivity index (χ4v) is 4.94. The quantitative estimate of drug-likeness (QED) is 0.752. The van der Waals surface area contributed by atoms with E-state index in [-0.39, 0.29) is 23.3 Å². The summed E-state index contributed by atoms with van der Waals surface area (Å²) in [5, 5.41) is 1.83. The highest BCUT2D eigenvalue weighted by atomic mass is 32.2. The second-order valence-corrected chi connectivity index (χ2v) is 8.83. The van der Waals surface area contributed by atoms with Gasteiger partial charge in [0.2, 0.25) is 11.8 Å². The van der Waals surface area contributed by atoms with Crippen molar-refractivity contribution in [1.29, 1.82) is 0 Å². The van der Waals surface area contributed by atoms with E-state index in [1.807, 2.05) is 15.2 Å². The van der Waals surface area contributed by atoms with Crippen molar-refractivity contribution in [3.63, 3.8) is 0 Å².